The molecule has 4 nitrogen and oxygen atoms in total. The highest BCUT2D eigenvalue weighted by Gasteiger charge is 2.17. The van der Waals surface area contributed by atoms with Crippen LogP contribution in [0.3, 0.4) is 0 Å². The Hall–Kier alpha value is -1.55. The molecule has 1 amide bonds. The summed E-state index contributed by atoms with van der Waals surface area (Å²) in [5.74, 6) is -0.349. The van der Waals surface area contributed by atoms with Gasteiger partial charge in [-0.1, -0.05) is 6.07 Å². The van der Waals surface area contributed by atoms with Gasteiger partial charge in [0, 0.05) is 37.4 Å². The van der Waals surface area contributed by atoms with E-state index in [2.05, 4.69) is 22.9 Å². The van der Waals surface area contributed by atoms with Crippen LogP contribution >= 0.6 is 0 Å². The molecule has 4 heteroatoms. The summed E-state index contributed by atoms with van der Waals surface area (Å²) >= 11 is 0. The largest absolute Gasteiger partial charge is 0.369 e. The Labute approximate surface area is 102 Å². The number of benzene rings is 1. The zero-order chi connectivity index (χ0) is 12.4. The van der Waals surface area contributed by atoms with Gasteiger partial charge in [0.15, 0.2) is 0 Å². The minimum atomic E-state index is -0.349. The normalized spacial score (nSPS) is 17.2. The van der Waals surface area contributed by atoms with E-state index in [0.29, 0.717) is 5.56 Å². The van der Waals surface area contributed by atoms with Gasteiger partial charge in [-0.3, -0.25) is 4.79 Å². The molecule has 1 aromatic rings. The van der Waals surface area contributed by atoms with Crippen molar-refractivity contribution in [2.45, 2.75) is 6.92 Å². The zero-order valence-corrected chi connectivity index (χ0v) is 10.4. The van der Waals surface area contributed by atoms with E-state index in [0.717, 1.165) is 37.4 Å². The highest BCUT2D eigenvalue weighted by Crippen LogP contribution is 2.23. The van der Waals surface area contributed by atoms with Crippen molar-refractivity contribution in [1.82, 2.24) is 4.90 Å². The first kappa shape index (κ1) is 11.9. The maximum atomic E-state index is 11.3. The van der Waals surface area contributed by atoms with Crippen LogP contribution in [0.1, 0.15) is 15.9 Å². The van der Waals surface area contributed by atoms with Crippen molar-refractivity contribution in [3.63, 3.8) is 0 Å². The third-order valence-electron chi connectivity index (χ3n) is 3.41. The lowest BCUT2D eigenvalue weighted by molar-refractivity contribution is 0.0999. The Morgan fingerprint density at radius 1 is 1.24 bits per heavy atom. The summed E-state index contributed by atoms with van der Waals surface area (Å²) in [6.07, 6.45) is 0. The number of carbonyl (C=O) groups is 1. The summed E-state index contributed by atoms with van der Waals surface area (Å²) in [5.41, 5.74) is 8.12. The number of anilines is 1. The Balaban J connectivity index is 2.27. The first-order valence-electron chi connectivity index (χ1n) is 5.92. The van der Waals surface area contributed by atoms with Gasteiger partial charge in [-0.05, 0) is 31.7 Å². The summed E-state index contributed by atoms with van der Waals surface area (Å²) in [6, 6.07) is 5.76. The van der Waals surface area contributed by atoms with Gasteiger partial charge in [-0.2, -0.15) is 0 Å². The minimum Gasteiger partial charge on any atom is -0.369 e. The highest BCUT2D eigenvalue weighted by atomic mass is 16.1. The topological polar surface area (TPSA) is 49.6 Å². The maximum Gasteiger partial charge on any atom is 0.249 e. The first-order chi connectivity index (χ1) is 8.09. The number of amides is 1. The number of hydrogen-bond acceptors (Lipinski definition) is 3. The van der Waals surface area contributed by atoms with E-state index in [4.69, 9.17) is 5.73 Å². The Morgan fingerprint density at radius 2 is 1.88 bits per heavy atom. The molecule has 0 radical (unpaired) electrons. The van der Waals surface area contributed by atoms with Crippen molar-refractivity contribution < 1.29 is 4.79 Å². The van der Waals surface area contributed by atoms with E-state index in [1.54, 1.807) is 6.07 Å². The van der Waals surface area contributed by atoms with E-state index in [-0.39, 0.29) is 5.91 Å². The van der Waals surface area contributed by atoms with Crippen molar-refractivity contribution in [2.75, 3.05) is 38.1 Å². The summed E-state index contributed by atoms with van der Waals surface area (Å²) in [5, 5.41) is 0. The molecule has 1 aromatic carbocycles. The van der Waals surface area contributed by atoms with Crippen LogP contribution in [0.25, 0.3) is 0 Å². The molecule has 2 N–H and O–H groups in total. The van der Waals surface area contributed by atoms with Crippen LogP contribution in [0.15, 0.2) is 18.2 Å². The number of rotatable bonds is 2. The van der Waals surface area contributed by atoms with Crippen molar-refractivity contribution in [1.29, 1.82) is 0 Å². The molecule has 0 bridgehead atoms. The second kappa shape index (κ2) is 4.75. The maximum absolute atomic E-state index is 11.3. The highest BCUT2D eigenvalue weighted by molar-refractivity contribution is 5.95. The van der Waals surface area contributed by atoms with E-state index in [1.165, 1.54) is 0 Å². The van der Waals surface area contributed by atoms with Gasteiger partial charge in [0.2, 0.25) is 5.91 Å². The van der Waals surface area contributed by atoms with Crippen molar-refractivity contribution in [2.24, 2.45) is 5.73 Å². The lowest BCUT2D eigenvalue weighted by Gasteiger charge is -2.35. The molecule has 92 valence electrons. The van der Waals surface area contributed by atoms with Gasteiger partial charge in [-0.25, -0.2) is 0 Å². The van der Waals surface area contributed by atoms with E-state index >= 15 is 0 Å². The standard InChI is InChI=1S/C13H19N3O/c1-10-11(13(14)17)4-3-5-12(10)16-8-6-15(2)7-9-16/h3-5H,6-9H2,1-2H3,(H2,14,17). The van der Waals surface area contributed by atoms with Crippen LogP contribution in [-0.2, 0) is 0 Å². The number of piperazine rings is 1. The van der Waals surface area contributed by atoms with Gasteiger partial charge >= 0.3 is 0 Å². The van der Waals surface area contributed by atoms with Crippen molar-refractivity contribution in [3.8, 4) is 0 Å². The minimum absolute atomic E-state index is 0.349. The van der Waals surface area contributed by atoms with Crippen LogP contribution < -0.4 is 10.6 Å². The second-order valence-corrected chi connectivity index (χ2v) is 4.60. The SMILES string of the molecule is Cc1c(C(N)=O)cccc1N1CCN(C)CC1. The van der Waals surface area contributed by atoms with E-state index in [9.17, 15) is 4.79 Å². The molecular formula is C13H19N3O. The summed E-state index contributed by atoms with van der Waals surface area (Å²) in [4.78, 5) is 15.9. The van der Waals surface area contributed by atoms with Gasteiger partial charge in [0.25, 0.3) is 0 Å². The van der Waals surface area contributed by atoms with Gasteiger partial charge in [-0.15, -0.1) is 0 Å². The molecule has 1 fully saturated rings. The number of likely N-dealkylation sites (N-methyl/N-ethyl adjacent to an activating group) is 1. The van der Waals surface area contributed by atoms with E-state index < -0.39 is 0 Å². The smallest absolute Gasteiger partial charge is 0.249 e. The predicted octanol–water partition coefficient (Wildman–Crippen LogP) is 0.846. The van der Waals surface area contributed by atoms with Crippen LogP contribution in [0, 0.1) is 6.92 Å². The fourth-order valence-electron chi connectivity index (χ4n) is 2.28. The Morgan fingerprint density at radius 3 is 2.47 bits per heavy atom. The monoisotopic (exact) mass is 233 g/mol. The Kier molecular flexibility index (Phi) is 3.33. The average molecular weight is 233 g/mol. The number of nitrogens with two attached hydrogens (primary N) is 1. The second-order valence-electron chi connectivity index (χ2n) is 4.60. The summed E-state index contributed by atoms with van der Waals surface area (Å²) in [7, 11) is 2.13. The summed E-state index contributed by atoms with van der Waals surface area (Å²) < 4.78 is 0. The van der Waals surface area contributed by atoms with E-state index in [1.807, 2.05) is 13.0 Å². The molecule has 1 heterocycles. The molecule has 1 aliphatic rings. The van der Waals surface area contributed by atoms with Gasteiger partial charge < -0.3 is 15.5 Å². The molecule has 17 heavy (non-hydrogen) atoms. The molecule has 1 saturated heterocycles. The third-order valence-corrected chi connectivity index (χ3v) is 3.41. The van der Waals surface area contributed by atoms with Crippen molar-refractivity contribution in [3.05, 3.63) is 29.3 Å². The van der Waals surface area contributed by atoms with Gasteiger partial charge in [0.05, 0.1) is 0 Å². The first-order valence-corrected chi connectivity index (χ1v) is 5.92. The van der Waals surface area contributed by atoms with Gasteiger partial charge in [0.1, 0.15) is 0 Å². The van der Waals surface area contributed by atoms with Crippen molar-refractivity contribution >= 4 is 11.6 Å². The number of hydrogen-bond donors (Lipinski definition) is 1. The number of primary amides is 1. The fourth-order valence-corrected chi connectivity index (χ4v) is 2.28. The lowest BCUT2D eigenvalue weighted by Crippen LogP contribution is -2.44. The van der Waals surface area contributed by atoms with Crippen LogP contribution in [0.2, 0.25) is 0 Å². The molecular weight excluding hydrogens is 214 g/mol. The van der Waals surface area contributed by atoms with Crippen LogP contribution in [0.4, 0.5) is 5.69 Å². The molecule has 0 saturated carbocycles. The van der Waals surface area contributed by atoms with Crippen LogP contribution in [0.5, 0.6) is 0 Å². The summed E-state index contributed by atoms with van der Waals surface area (Å²) in [6.45, 7) is 6.08. The predicted molar refractivity (Wildman–Crippen MR) is 69.4 cm³/mol. The molecule has 0 aliphatic carbocycles. The number of carbonyl (C=O) groups excluding carboxylic acids is 1. The molecule has 0 aromatic heterocycles. The number of nitrogens with zero attached hydrogens (tertiary/aromatic N) is 2. The lowest BCUT2D eigenvalue weighted by atomic mass is 10.0. The average Bonchev–Trinajstić information content (AvgIpc) is 2.30. The molecule has 0 spiro atoms. The molecule has 0 atom stereocenters. The Bertz CT molecular complexity index is 423. The molecule has 0 unspecified atom stereocenters. The molecule has 1 aliphatic heterocycles. The quantitative estimate of drug-likeness (QED) is 0.823. The van der Waals surface area contributed by atoms with Crippen LogP contribution in [-0.4, -0.2) is 44.0 Å². The zero-order valence-electron chi connectivity index (χ0n) is 10.4. The molecule has 2 rings (SSSR count). The third kappa shape index (κ3) is 2.42. The fraction of sp³-hybridized carbons (Fsp3) is 0.462.